The molecule has 4 nitrogen and oxygen atoms in total. The highest BCUT2D eigenvalue weighted by molar-refractivity contribution is 5.90. The molecule has 11 atom stereocenters. The van der Waals surface area contributed by atoms with Crippen LogP contribution in [0.5, 0.6) is 0 Å². The van der Waals surface area contributed by atoms with Gasteiger partial charge in [0, 0.05) is 25.2 Å². The molecule has 0 saturated heterocycles. The zero-order valence-corrected chi connectivity index (χ0v) is 21.1. The molecule has 0 heterocycles. The summed E-state index contributed by atoms with van der Waals surface area (Å²) >= 11 is 0. The minimum absolute atomic E-state index is 0.0126. The van der Waals surface area contributed by atoms with Crippen molar-refractivity contribution in [3.05, 3.63) is 0 Å². The number of aliphatic hydroxyl groups is 2. The minimum Gasteiger partial charge on any atom is -0.390 e. The Kier molecular flexibility index (Phi) is 6.47. The highest BCUT2D eigenvalue weighted by Crippen LogP contribution is 2.67. The fourth-order valence-corrected chi connectivity index (χ4v) is 9.00. The Labute approximate surface area is 194 Å². The van der Waals surface area contributed by atoms with Crippen LogP contribution in [0.1, 0.15) is 92.9 Å². The Hall–Kier alpha value is -0.740. The molecule has 4 unspecified atom stereocenters. The standard InChI is InChI=1S/C28H46O4/c1-15(2)16(3)25(31)26(32)17(4)20-7-8-21-19-14-24(30)23-13-18(29)9-11-28(23,6)22(19)10-12-27(20,21)5/h15-17,19-23,25-26,31-32H,7-14H2,1-6H3/t16-,17-,19?,20+,21?,22?,23?,25+,26+,27+,28+/m0/s1. The molecule has 32 heavy (non-hydrogen) atoms. The van der Waals surface area contributed by atoms with Gasteiger partial charge in [0.25, 0.3) is 0 Å². The number of ketones is 2. The second-order valence-electron chi connectivity index (χ2n) is 13.0. The number of carbonyl (C=O) groups excluding carboxylic acids is 2. The lowest BCUT2D eigenvalue weighted by Gasteiger charge is -2.60. The van der Waals surface area contributed by atoms with Gasteiger partial charge in [0.15, 0.2) is 0 Å². The number of hydrogen-bond donors (Lipinski definition) is 2. The van der Waals surface area contributed by atoms with Crippen molar-refractivity contribution in [2.75, 3.05) is 0 Å². The quantitative estimate of drug-likeness (QED) is 0.620. The summed E-state index contributed by atoms with van der Waals surface area (Å²) in [4.78, 5) is 25.4. The average Bonchev–Trinajstić information content (AvgIpc) is 3.10. The normalized spacial score (nSPS) is 45.6. The number of hydrogen-bond acceptors (Lipinski definition) is 4. The first kappa shape index (κ1) is 24.4. The molecule has 4 saturated carbocycles. The molecule has 0 amide bonds. The largest absolute Gasteiger partial charge is 0.390 e. The number of Topliss-reactive ketones (excluding diaryl/α,β-unsaturated/α-hetero) is 2. The van der Waals surface area contributed by atoms with Gasteiger partial charge < -0.3 is 10.2 Å². The van der Waals surface area contributed by atoms with Gasteiger partial charge in [0.2, 0.25) is 0 Å². The minimum atomic E-state index is -0.704. The van der Waals surface area contributed by atoms with Crippen molar-refractivity contribution in [3.63, 3.8) is 0 Å². The Balaban J connectivity index is 1.55. The molecular weight excluding hydrogens is 400 g/mol. The molecular formula is C28H46O4. The van der Waals surface area contributed by atoms with E-state index in [-0.39, 0.29) is 34.4 Å². The van der Waals surface area contributed by atoms with E-state index in [4.69, 9.17) is 0 Å². The molecule has 0 radical (unpaired) electrons. The maximum Gasteiger partial charge on any atom is 0.137 e. The molecule has 0 aliphatic heterocycles. The van der Waals surface area contributed by atoms with Crippen LogP contribution in [-0.4, -0.2) is 34.0 Å². The van der Waals surface area contributed by atoms with E-state index in [1.165, 1.54) is 0 Å². The SMILES string of the molecule is CC(C)[C@H](C)[C@@H](O)[C@H](O)[C@@H](C)[C@H]1CCC2C3CC(=O)C4CC(=O)CC[C@]4(C)C3CC[C@@]21C. The summed E-state index contributed by atoms with van der Waals surface area (Å²) in [5, 5.41) is 22.0. The van der Waals surface area contributed by atoms with Crippen LogP contribution in [0.15, 0.2) is 0 Å². The third-order valence-electron chi connectivity index (χ3n) is 11.5. The van der Waals surface area contributed by atoms with Gasteiger partial charge >= 0.3 is 0 Å². The molecule has 182 valence electrons. The van der Waals surface area contributed by atoms with Gasteiger partial charge in [0.1, 0.15) is 11.6 Å². The van der Waals surface area contributed by atoms with Gasteiger partial charge in [-0.05, 0) is 84.4 Å². The van der Waals surface area contributed by atoms with E-state index in [1.54, 1.807) is 0 Å². The topological polar surface area (TPSA) is 74.6 Å². The summed E-state index contributed by atoms with van der Waals surface area (Å²) < 4.78 is 0. The van der Waals surface area contributed by atoms with Crippen LogP contribution in [-0.2, 0) is 9.59 Å². The van der Waals surface area contributed by atoms with E-state index in [2.05, 4.69) is 34.6 Å². The van der Waals surface area contributed by atoms with Crippen molar-refractivity contribution in [1.82, 2.24) is 0 Å². The Bertz CT molecular complexity index is 746. The zero-order chi connectivity index (χ0) is 23.6. The average molecular weight is 447 g/mol. The Morgan fingerprint density at radius 3 is 2.16 bits per heavy atom. The van der Waals surface area contributed by atoms with Crippen molar-refractivity contribution < 1.29 is 19.8 Å². The first-order chi connectivity index (χ1) is 14.9. The van der Waals surface area contributed by atoms with Crippen LogP contribution >= 0.6 is 0 Å². The molecule has 4 heteroatoms. The molecule has 4 rings (SSSR count). The molecule has 4 fully saturated rings. The predicted molar refractivity (Wildman–Crippen MR) is 126 cm³/mol. The van der Waals surface area contributed by atoms with E-state index in [0.29, 0.717) is 54.6 Å². The summed E-state index contributed by atoms with van der Waals surface area (Å²) in [6.45, 7) is 13.1. The molecule has 4 aliphatic rings. The van der Waals surface area contributed by atoms with Crippen LogP contribution < -0.4 is 0 Å². The molecule has 0 aromatic heterocycles. The fourth-order valence-electron chi connectivity index (χ4n) is 9.00. The molecule has 0 spiro atoms. The van der Waals surface area contributed by atoms with Gasteiger partial charge in [-0.15, -0.1) is 0 Å². The van der Waals surface area contributed by atoms with Crippen LogP contribution in [0.2, 0.25) is 0 Å². The molecule has 0 bridgehead atoms. The lowest BCUT2D eigenvalue weighted by atomic mass is 9.44. The summed E-state index contributed by atoms with van der Waals surface area (Å²) in [5.74, 6) is 2.86. The van der Waals surface area contributed by atoms with Gasteiger partial charge in [0.05, 0.1) is 12.2 Å². The number of fused-ring (bicyclic) bond motifs is 5. The lowest BCUT2D eigenvalue weighted by molar-refractivity contribution is -0.160. The summed E-state index contributed by atoms with van der Waals surface area (Å²) in [5.41, 5.74) is 0.109. The highest BCUT2D eigenvalue weighted by Gasteiger charge is 2.63. The maximum atomic E-state index is 13.3. The molecule has 0 aromatic carbocycles. The summed E-state index contributed by atoms with van der Waals surface area (Å²) in [6.07, 6.45) is 5.73. The maximum absolute atomic E-state index is 13.3. The van der Waals surface area contributed by atoms with Crippen LogP contribution in [0.25, 0.3) is 0 Å². The smallest absolute Gasteiger partial charge is 0.137 e. The number of carbonyl (C=O) groups is 2. The van der Waals surface area contributed by atoms with Gasteiger partial charge in [-0.25, -0.2) is 0 Å². The molecule has 0 aromatic rings. The van der Waals surface area contributed by atoms with E-state index < -0.39 is 12.2 Å². The lowest BCUT2D eigenvalue weighted by Crippen LogP contribution is -2.57. The van der Waals surface area contributed by atoms with Gasteiger partial charge in [-0.3, -0.25) is 9.59 Å². The molecule has 2 N–H and O–H groups in total. The number of aliphatic hydroxyl groups excluding tert-OH is 2. The summed E-state index contributed by atoms with van der Waals surface area (Å²) in [6, 6.07) is 0. The number of rotatable bonds is 5. The molecule has 4 aliphatic carbocycles. The van der Waals surface area contributed by atoms with E-state index in [1.807, 2.05) is 6.92 Å². The zero-order valence-electron chi connectivity index (χ0n) is 21.1. The third-order valence-corrected chi connectivity index (χ3v) is 11.5. The van der Waals surface area contributed by atoms with Crippen molar-refractivity contribution in [1.29, 1.82) is 0 Å². The van der Waals surface area contributed by atoms with E-state index in [9.17, 15) is 19.8 Å². The second kappa shape index (κ2) is 8.48. The van der Waals surface area contributed by atoms with Crippen LogP contribution in [0.3, 0.4) is 0 Å². The highest BCUT2D eigenvalue weighted by atomic mass is 16.3. The summed E-state index contributed by atoms with van der Waals surface area (Å²) in [7, 11) is 0. The van der Waals surface area contributed by atoms with Crippen molar-refractivity contribution >= 4 is 11.6 Å². The van der Waals surface area contributed by atoms with Crippen LogP contribution in [0.4, 0.5) is 0 Å². The van der Waals surface area contributed by atoms with E-state index >= 15 is 0 Å². The fraction of sp³-hybridized carbons (Fsp3) is 0.929. The van der Waals surface area contributed by atoms with E-state index in [0.717, 1.165) is 32.1 Å². The van der Waals surface area contributed by atoms with Gasteiger partial charge in [-0.2, -0.15) is 0 Å². The predicted octanol–water partition coefficient (Wildman–Crippen LogP) is 5.04. The first-order valence-electron chi connectivity index (χ1n) is 13.3. The first-order valence-corrected chi connectivity index (χ1v) is 13.3. The van der Waals surface area contributed by atoms with Crippen molar-refractivity contribution in [2.24, 2.45) is 58.2 Å². The van der Waals surface area contributed by atoms with Crippen molar-refractivity contribution in [3.8, 4) is 0 Å². The van der Waals surface area contributed by atoms with Gasteiger partial charge in [-0.1, -0.05) is 41.5 Å². The third kappa shape index (κ3) is 3.63. The monoisotopic (exact) mass is 446 g/mol. The Morgan fingerprint density at radius 2 is 1.50 bits per heavy atom. The Morgan fingerprint density at radius 1 is 0.844 bits per heavy atom. The van der Waals surface area contributed by atoms with Crippen LogP contribution in [0, 0.1) is 58.2 Å². The second-order valence-corrected chi connectivity index (χ2v) is 13.0. The van der Waals surface area contributed by atoms with Crippen molar-refractivity contribution in [2.45, 2.75) is 105 Å².